The number of amides is 1. The minimum Gasteiger partial charge on any atom is -0.391 e. The smallest absolute Gasteiger partial charge is 0.273 e. The standard InChI is InChI=1S/C12H18N2O3S/c1-18-5-4-9(15)7-13-12(16)10-6-11(17-14-10)8-2-3-8/h6,8-9,15H,2-5,7H2,1H3,(H,13,16). The van der Waals surface area contributed by atoms with Crippen LogP contribution in [0.3, 0.4) is 0 Å². The van der Waals surface area contributed by atoms with E-state index in [4.69, 9.17) is 4.52 Å². The fourth-order valence-corrected chi connectivity index (χ4v) is 2.12. The molecule has 1 amide bonds. The van der Waals surface area contributed by atoms with Crippen LogP contribution in [0.25, 0.3) is 0 Å². The molecular formula is C12H18N2O3S. The number of aliphatic hydroxyl groups excluding tert-OH is 1. The van der Waals surface area contributed by atoms with Crippen LogP contribution >= 0.6 is 11.8 Å². The maximum absolute atomic E-state index is 11.7. The Bertz CT molecular complexity index is 404. The summed E-state index contributed by atoms with van der Waals surface area (Å²) in [5.74, 6) is 1.84. The van der Waals surface area contributed by atoms with Crippen molar-refractivity contribution in [2.45, 2.75) is 31.3 Å². The maximum atomic E-state index is 11.7. The Morgan fingerprint density at radius 1 is 1.72 bits per heavy atom. The molecule has 2 rings (SSSR count). The predicted octanol–water partition coefficient (Wildman–Crippen LogP) is 1.40. The van der Waals surface area contributed by atoms with Crippen LogP contribution in [0, 0.1) is 0 Å². The molecule has 0 saturated heterocycles. The molecule has 1 aliphatic carbocycles. The van der Waals surface area contributed by atoms with Gasteiger partial charge in [-0.15, -0.1) is 0 Å². The molecule has 1 aliphatic rings. The van der Waals surface area contributed by atoms with Crippen molar-refractivity contribution in [3.8, 4) is 0 Å². The molecule has 0 aliphatic heterocycles. The van der Waals surface area contributed by atoms with Crippen LogP contribution in [0.15, 0.2) is 10.6 Å². The van der Waals surface area contributed by atoms with E-state index in [-0.39, 0.29) is 12.5 Å². The van der Waals surface area contributed by atoms with E-state index in [0.717, 1.165) is 24.4 Å². The van der Waals surface area contributed by atoms with Crippen molar-refractivity contribution >= 4 is 17.7 Å². The highest BCUT2D eigenvalue weighted by molar-refractivity contribution is 7.98. The average Bonchev–Trinajstić information content (AvgIpc) is 3.11. The molecule has 1 atom stereocenters. The van der Waals surface area contributed by atoms with Gasteiger partial charge < -0.3 is 14.9 Å². The zero-order chi connectivity index (χ0) is 13.0. The summed E-state index contributed by atoms with van der Waals surface area (Å²) >= 11 is 1.67. The molecule has 1 aromatic rings. The van der Waals surface area contributed by atoms with Crippen LogP contribution in [0.1, 0.15) is 41.4 Å². The lowest BCUT2D eigenvalue weighted by atomic mass is 10.2. The van der Waals surface area contributed by atoms with E-state index in [2.05, 4.69) is 10.5 Å². The van der Waals surface area contributed by atoms with Crippen molar-refractivity contribution in [1.82, 2.24) is 10.5 Å². The second kappa shape index (κ2) is 6.24. The third kappa shape index (κ3) is 3.74. The quantitative estimate of drug-likeness (QED) is 0.783. The first kappa shape index (κ1) is 13.4. The number of hydrogen-bond donors (Lipinski definition) is 2. The summed E-state index contributed by atoms with van der Waals surface area (Å²) in [6.45, 7) is 0.255. The van der Waals surface area contributed by atoms with Gasteiger partial charge in [0.15, 0.2) is 5.69 Å². The maximum Gasteiger partial charge on any atom is 0.273 e. The number of hydrogen-bond acceptors (Lipinski definition) is 5. The zero-order valence-corrected chi connectivity index (χ0v) is 11.2. The summed E-state index contributed by atoms with van der Waals surface area (Å²) in [7, 11) is 0. The summed E-state index contributed by atoms with van der Waals surface area (Å²) < 4.78 is 5.10. The van der Waals surface area contributed by atoms with Crippen molar-refractivity contribution in [2.75, 3.05) is 18.6 Å². The van der Waals surface area contributed by atoms with Crippen molar-refractivity contribution in [3.63, 3.8) is 0 Å². The molecule has 6 heteroatoms. The molecule has 1 saturated carbocycles. The Morgan fingerprint density at radius 2 is 2.50 bits per heavy atom. The van der Waals surface area contributed by atoms with Crippen LogP contribution in [-0.2, 0) is 0 Å². The van der Waals surface area contributed by atoms with Crippen molar-refractivity contribution in [3.05, 3.63) is 17.5 Å². The molecule has 1 aromatic heterocycles. The number of thioether (sulfide) groups is 1. The normalized spacial score (nSPS) is 16.6. The van der Waals surface area contributed by atoms with Crippen LogP contribution in [0.2, 0.25) is 0 Å². The largest absolute Gasteiger partial charge is 0.391 e. The van der Waals surface area contributed by atoms with Gasteiger partial charge in [-0.05, 0) is 31.3 Å². The van der Waals surface area contributed by atoms with Crippen molar-refractivity contribution in [2.24, 2.45) is 0 Å². The van der Waals surface area contributed by atoms with E-state index < -0.39 is 6.10 Å². The fraction of sp³-hybridized carbons (Fsp3) is 0.667. The number of rotatable bonds is 7. The molecule has 0 radical (unpaired) electrons. The molecule has 1 heterocycles. The number of aliphatic hydroxyl groups is 1. The topological polar surface area (TPSA) is 75.4 Å². The van der Waals surface area contributed by atoms with Crippen molar-refractivity contribution < 1.29 is 14.4 Å². The van der Waals surface area contributed by atoms with Crippen LogP contribution in [0.5, 0.6) is 0 Å². The van der Waals surface area contributed by atoms with Gasteiger partial charge in [0.25, 0.3) is 5.91 Å². The highest BCUT2D eigenvalue weighted by atomic mass is 32.2. The molecule has 1 fully saturated rings. The summed E-state index contributed by atoms with van der Waals surface area (Å²) in [6, 6.07) is 1.70. The summed E-state index contributed by atoms with van der Waals surface area (Å²) in [5.41, 5.74) is 0.300. The Kier molecular flexibility index (Phi) is 4.66. The predicted molar refractivity (Wildman–Crippen MR) is 69.8 cm³/mol. The highest BCUT2D eigenvalue weighted by Crippen LogP contribution is 2.40. The first-order valence-electron chi connectivity index (χ1n) is 6.12. The van der Waals surface area contributed by atoms with Crippen LogP contribution in [-0.4, -0.2) is 40.8 Å². The lowest BCUT2D eigenvalue weighted by Crippen LogP contribution is -2.32. The number of carbonyl (C=O) groups excluding carboxylic acids is 1. The van der Waals surface area contributed by atoms with Crippen LogP contribution < -0.4 is 5.32 Å². The first-order valence-corrected chi connectivity index (χ1v) is 7.52. The van der Waals surface area contributed by atoms with Gasteiger partial charge in [-0.3, -0.25) is 4.79 Å². The molecule has 5 nitrogen and oxygen atoms in total. The van der Waals surface area contributed by atoms with E-state index >= 15 is 0 Å². The van der Waals surface area contributed by atoms with Crippen LogP contribution in [0.4, 0.5) is 0 Å². The zero-order valence-electron chi connectivity index (χ0n) is 10.4. The third-order valence-corrected chi connectivity index (χ3v) is 3.54. The van der Waals surface area contributed by atoms with Gasteiger partial charge in [-0.25, -0.2) is 0 Å². The van der Waals surface area contributed by atoms with E-state index in [1.165, 1.54) is 0 Å². The summed E-state index contributed by atoms with van der Waals surface area (Å²) in [5, 5.41) is 16.0. The van der Waals surface area contributed by atoms with Gasteiger partial charge in [0.2, 0.25) is 0 Å². The Balaban J connectivity index is 1.76. The second-order valence-corrected chi connectivity index (χ2v) is 5.52. The van der Waals surface area contributed by atoms with E-state index in [1.54, 1.807) is 17.8 Å². The third-order valence-electron chi connectivity index (χ3n) is 2.89. The molecule has 18 heavy (non-hydrogen) atoms. The Hall–Kier alpha value is -1.01. The van der Waals surface area contributed by atoms with E-state index in [0.29, 0.717) is 18.0 Å². The average molecular weight is 270 g/mol. The molecule has 0 aromatic carbocycles. The highest BCUT2D eigenvalue weighted by Gasteiger charge is 2.28. The van der Waals surface area contributed by atoms with E-state index in [9.17, 15) is 9.90 Å². The monoisotopic (exact) mass is 270 g/mol. The molecular weight excluding hydrogens is 252 g/mol. The number of nitrogens with zero attached hydrogens (tertiary/aromatic N) is 1. The lowest BCUT2D eigenvalue weighted by Gasteiger charge is -2.09. The van der Waals surface area contributed by atoms with Gasteiger partial charge in [-0.1, -0.05) is 5.16 Å². The number of nitrogens with one attached hydrogen (secondary N) is 1. The SMILES string of the molecule is CSCCC(O)CNC(=O)c1cc(C2CC2)on1. The molecule has 100 valence electrons. The lowest BCUT2D eigenvalue weighted by molar-refractivity contribution is 0.0905. The molecule has 2 N–H and O–H groups in total. The van der Waals surface area contributed by atoms with Gasteiger partial charge in [0.05, 0.1) is 6.10 Å². The van der Waals surface area contributed by atoms with E-state index in [1.807, 2.05) is 6.26 Å². The first-order chi connectivity index (χ1) is 8.70. The fourth-order valence-electron chi connectivity index (χ4n) is 1.61. The van der Waals surface area contributed by atoms with Gasteiger partial charge in [0, 0.05) is 18.5 Å². The van der Waals surface area contributed by atoms with Gasteiger partial charge >= 0.3 is 0 Å². The molecule has 1 unspecified atom stereocenters. The van der Waals surface area contributed by atoms with Crippen molar-refractivity contribution in [1.29, 1.82) is 0 Å². The summed E-state index contributed by atoms with van der Waals surface area (Å²) in [6.07, 6.45) is 4.39. The number of aromatic nitrogens is 1. The summed E-state index contributed by atoms with van der Waals surface area (Å²) in [4.78, 5) is 11.7. The molecule has 0 bridgehead atoms. The Morgan fingerprint density at radius 3 is 3.17 bits per heavy atom. The molecule has 0 spiro atoms. The van der Waals surface area contributed by atoms with Gasteiger partial charge in [0.1, 0.15) is 5.76 Å². The van der Waals surface area contributed by atoms with Gasteiger partial charge in [-0.2, -0.15) is 11.8 Å². The Labute approximate surface area is 110 Å². The minimum absolute atomic E-state index is 0.255. The second-order valence-electron chi connectivity index (χ2n) is 4.53. The number of carbonyl (C=O) groups is 1. The minimum atomic E-state index is -0.504.